The molecular weight excluding hydrogens is 234 g/mol. The topological polar surface area (TPSA) is 94.0 Å². The second-order valence-corrected chi connectivity index (χ2v) is 3.67. The van der Waals surface area contributed by atoms with E-state index in [1.807, 2.05) is 6.92 Å². The monoisotopic (exact) mass is 245 g/mol. The van der Waals surface area contributed by atoms with Crippen molar-refractivity contribution in [2.24, 2.45) is 0 Å². The number of hydrogen-bond donors (Lipinski definition) is 1. The van der Waals surface area contributed by atoms with Gasteiger partial charge in [0.25, 0.3) is 0 Å². The molecule has 18 heavy (non-hydrogen) atoms. The molecule has 3 aromatic rings. The van der Waals surface area contributed by atoms with Crippen molar-refractivity contribution in [1.82, 2.24) is 30.2 Å². The highest BCUT2D eigenvalue weighted by Crippen LogP contribution is 2.08. The van der Waals surface area contributed by atoms with E-state index >= 15 is 0 Å². The molecule has 0 amide bonds. The highest BCUT2D eigenvalue weighted by Gasteiger charge is 2.04. The molecule has 0 aliphatic heterocycles. The van der Waals surface area contributed by atoms with Crippen LogP contribution in [-0.2, 0) is 13.0 Å². The lowest BCUT2D eigenvalue weighted by molar-refractivity contribution is 0.465. The van der Waals surface area contributed by atoms with Crippen LogP contribution in [-0.4, -0.2) is 30.2 Å². The Balaban J connectivity index is 1.72. The number of rotatable bonds is 4. The third-order valence-electron chi connectivity index (χ3n) is 2.44. The van der Waals surface area contributed by atoms with Crippen LogP contribution in [0.5, 0.6) is 0 Å². The second-order valence-electron chi connectivity index (χ2n) is 3.67. The molecule has 0 aliphatic rings. The number of nitrogens with one attached hydrogen (secondary N) is 1. The molecule has 0 atom stereocenters. The molecule has 0 radical (unpaired) electrons. The predicted molar refractivity (Wildman–Crippen MR) is 61.8 cm³/mol. The van der Waals surface area contributed by atoms with Crippen LogP contribution in [0.25, 0.3) is 5.65 Å². The van der Waals surface area contributed by atoms with E-state index in [2.05, 4.69) is 30.9 Å². The number of oxazole rings is 1. The first-order valence-corrected chi connectivity index (χ1v) is 5.58. The number of nitrogens with zero attached hydrogens (tertiary/aromatic N) is 6. The van der Waals surface area contributed by atoms with Gasteiger partial charge in [0.15, 0.2) is 5.65 Å². The molecule has 0 fully saturated rings. The van der Waals surface area contributed by atoms with E-state index in [4.69, 9.17) is 4.42 Å². The Kier molecular flexibility index (Phi) is 2.60. The average molecular weight is 245 g/mol. The van der Waals surface area contributed by atoms with Crippen LogP contribution in [0.15, 0.2) is 22.7 Å². The molecule has 0 aromatic carbocycles. The van der Waals surface area contributed by atoms with Crippen LogP contribution in [0.1, 0.15) is 18.6 Å². The van der Waals surface area contributed by atoms with E-state index in [-0.39, 0.29) is 0 Å². The summed E-state index contributed by atoms with van der Waals surface area (Å²) in [5.74, 6) is 2.16. The number of hydrogen-bond acceptors (Lipinski definition) is 7. The first-order chi connectivity index (χ1) is 8.85. The van der Waals surface area contributed by atoms with Gasteiger partial charge in [0, 0.05) is 6.42 Å². The summed E-state index contributed by atoms with van der Waals surface area (Å²) in [6, 6.07) is 3.58. The maximum Gasteiger partial charge on any atom is 0.213 e. The van der Waals surface area contributed by atoms with Crippen LogP contribution in [0.3, 0.4) is 0 Å². The molecule has 3 rings (SSSR count). The number of fused-ring (bicyclic) bond motifs is 1. The molecule has 0 unspecified atom stereocenters. The minimum atomic E-state index is 0.473. The van der Waals surface area contributed by atoms with Crippen LogP contribution in [0.2, 0.25) is 0 Å². The van der Waals surface area contributed by atoms with Crippen LogP contribution >= 0.6 is 0 Å². The summed E-state index contributed by atoms with van der Waals surface area (Å²) in [6.07, 6.45) is 2.57. The highest BCUT2D eigenvalue weighted by atomic mass is 16.4. The lowest BCUT2D eigenvalue weighted by Crippen LogP contribution is -2.04. The summed E-state index contributed by atoms with van der Waals surface area (Å²) in [6.45, 7) is 2.49. The first kappa shape index (κ1) is 10.6. The van der Waals surface area contributed by atoms with E-state index in [9.17, 15) is 0 Å². The predicted octanol–water partition coefficient (Wildman–Crippen LogP) is 0.682. The number of tetrazole rings is 1. The Morgan fingerprint density at radius 3 is 3.17 bits per heavy atom. The molecule has 0 saturated heterocycles. The van der Waals surface area contributed by atoms with Gasteiger partial charge in [-0.1, -0.05) is 6.92 Å². The zero-order valence-electron chi connectivity index (χ0n) is 9.74. The molecule has 0 saturated carbocycles. The Morgan fingerprint density at radius 2 is 2.33 bits per heavy atom. The van der Waals surface area contributed by atoms with Crippen molar-refractivity contribution >= 4 is 11.5 Å². The fourth-order valence-corrected chi connectivity index (χ4v) is 1.50. The Labute approximate surface area is 102 Å². The van der Waals surface area contributed by atoms with Gasteiger partial charge in [-0.3, -0.25) is 0 Å². The largest absolute Gasteiger partial charge is 0.444 e. The minimum absolute atomic E-state index is 0.473. The normalized spacial score (nSPS) is 10.9. The SMILES string of the molecule is CCc1cnc(CNc2ccc3nnnn3n2)o1. The smallest absolute Gasteiger partial charge is 0.213 e. The third-order valence-corrected chi connectivity index (χ3v) is 2.44. The third kappa shape index (κ3) is 1.99. The van der Waals surface area contributed by atoms with Crippen molar-refractivity contribution in [1.29, 1.82) is 0 Å². The van der Waals surface area contributed by atoms with Gasteiger partial charge in [0.1, 0.15) is 11.6 Å². The van der Waals surface area contributed by atoms with Crippen molar-refractivity contribution in [2.45, 2.75) is 19.9 Å². The average Bonchev–Trinajstić information content (AvgIpc) is 3.04. The quantitative estimate of drug-likeness (QED) is 0.722. The summed E-state index contributed by atoms with van der Waals surface area (Å²) in [4.78, 5) is 4.15. The molecular formula is C10H11N7O. The molecule has 92 valence electrons. The maximum absolute atomic E-state index is 5.48. The van der Waals surface area contributed by atoms with Gasteiger partial charge < -0.3 is 9.73 Å². The molecule has 3 heterocycles. The standard InChI is InChI=1S/C10H11N7O/c1-2-7-5-12-10(18-7)6-11-8-3-4-9-13-15-16-17(9)14-8/h3-5H,2,6H2,1H3,(H,11,14). The number of anilines is 1. The minimum Gasteiger partial charge on any atom is -0.444 e. The van der Waals surface area contributed by atoms with Gasteiger partial charge >= 0.3 is 0 Å². The molecule has 0 bridgehead atoms. The summed E-state index contributed by atoms with van der Waals surface area (Å²) >= 11 is 0. The van der Waals surface area contributed by atoms with Crippen LogP contribution in [0.4, 0.5) is 5.82 Å². The zero-order chi connectivity index (χ0) is 12.4. The van der Waals surface area contributed by atoms with Crippen molar-refractivity contribution < 1.29 is 4.42 Å². The molecule has 8 heteroatoms. The van der Waals surface area contributed by atoms with Gasteiger partial charge in [-0.25, -0.2) is 4.98 Å². The van der Waals surface area contributed by atoms with Gasteiger partial charge in [-0.15, -0.1) is 14.8 Å². The van der Waals surface area contributed by atoms with Crippen molar-refractivity contribution in [3.8, 4) is 0 Å². The summed E-state index contributed by atoms with van der Waals surface area (Å²) in [5.41, 5.74) is 0.602. The van der Waals surface area contributed by atoms with E-state index in [1.54, 1.807) is 18.3 Å². The number of aryl methyl sites for hydroxylation is 1. The Bertz CT molecular complexity index is 659. The zero-order valence-corrected chi connectivity index (χ0v) is 9.74. The second kappa shape index (κ2) is 4.40. The Hall–Kier alpha value is -2.51. The van der Waals surface area contributed by atoms with Gasteiger partial charge in [-0.05, 0) is 22.6 Å². The van der Waals surface area contributed by atoms with Crippen molar-refractivity contribution in [3.63, 3.8) is 0 Å². The fourth-order valence-electron chi connectivity index (χ4n) is 1.50. The first-order valence-electron chi connectivity index (χ1n) is 5.58. The maximum atomic E-state index is 5.48. The van der Waals surface area contributed by atoms with Gasteiger partial charge in [-0.2, -0.15) is 0 Å². The van der Waals surface area contributed by atoms with E-state index < -0.39 is 0 Å². The summed E-state index contributed by atoms with van der Waals surface area (Å²) in [5, 5.41) is 18.3. The van der Waals surface area contributed by atoms with Crippen molar-refractivity contribution in [2.75, 3.05) is 5.32 Å². The summed E-state index contributed by atoms with van der Waals surface area (Å²) in [7, 11) is 0. The van der Waals surface area contributed by atoms with Crippen LogP contribution < -0.4 is 5.32 Å². The van der Waals surface area contributed by atoms with E-state index in [0.29, 0.717) is 23.9 Å². The molecule has 0 aliphatic carbocycles. The molecule has 8 nitrogen and oxygen atoms in total. The van der Waals surface area contributed by atoms with Gasteiger partial charge in [0.05, 0.1) is 12.7 Å². The fraction of sp³-hybridized carbons (Fsp3) is 0.300. The lowest BCUT2D eigenvalue weighted by atomic mass is 10.4. The van der Waals surface area contributed by atoms with Crippen molar-refractivity contribution in [3.05, 3.63) is 30.0 Å². The van der Waals surface area contributed by atoms with E-state index in [1.165, 1.54) is 4.63 Å². The summed E-state index contributed by atoms with van der Waals surface area (Å²) < 4.78 is 6.84. The lowest BCUT2D eigenvalue weighted by Gasteiger charge is -2.01. The molecule has 1 N–H and O–H groups in total. The number of aromatic nitrogens is 6. The van der Waals surface area contributed by atoms with Crippen LogP contribution in [0, 0.1) is 0 Å². The molecule has 3 aromatic heterocycles. The van der Waals surface area contributed by atoms with E-state index in [0.717, 1.165) is 12.2 Å². The molecule has 0 spiro atoms. The highest BCUT2D eigenvalue weighted by molar-refractivity contribution is 5.41. The Morgan fingerprint density at radius 1 is 1.39 bits per heavy atom. The van der Waals surface area contributed by atoms with Gasteiger partial charge in [0.2, 0.25) is 5.89 Å².